The molecular weight excluding hydrogens is 384 g/mol. The molecule has 6 heteroatoms. The number of carbonyl (C=O) groups excluding carboxylic acids is 1. The van der Waals surface area contributed by atoms with Gasteiger partial charge in [0, 0.05) is 31.0 Å². The molecule has 0 bridgehead atoms. The topological polar surface area (TPSA) is 69.0 Å². The zero-order chi connectivity index (χ0) is 21.0. The van der Waals surface area contributed by atoms with Gasteiger partial charge in [-0.2, -0.15) is 5.26 Å². The number of pyridine rings is 1. The van der Waals surface area contributed by atoms with E-state index in [1.807, 2.05) is 18.2 Å². The summed E-state index contributed by atoms with van der Waals surface area (Å²) in [4.78, 5) is 19.0. The van der Waals surface area contributed by atoms with Crippen LogP contribution in [0.4, 0.5) is 5.69 Å². The van der Waals surface area contributed by atoms with Gasteiger partial charge in [-0.05, 0) is 61.4 Å². The summed E-state index contributed by atoms with van der Waals surface area (Å²) in [5, 5.41) is 12.6. The van der Waals surface area contributed by atoms with E-state index in [4.69, 9.17) is 16.9 Å². The van der Waals surface area contributed by atoms with Crippen LogP contribution in [0.15, 0.2) is 36.5 Å². The average molecular weight is 411 g/mol. The van der Waals surface area contributed by atoms with Crippen molar-refractivity contribution >= 4 is 23.2 Å². The highest BCUT2D eigenvalue weighted by molar-refractivity contribution is 6.32. The van der Waals surface area contributed by atoms with E-state index >= 15 is 0 Å². The largest absolute Gasteiger partial charge is 0.372 e. The maximum absolute atomic E-state index is 12.5. The van der Waals surface area contributed by atoms with Crippen molar-refractivity contribution in [3.8, 4) is 6.07 Å². The molecule has 1 aliphatic rings. The Hall–Kier alpha value is -2.58. The number of halogens is 1. The Morgan fingerprint density at radius 2 is 1.97 bits per heavy atom. The number of nitriles is 1. The Morgan fingerprint density at radius 1 is 1.24 bits per heavy atom. The molecule has 1 N–H and O–H groups in total. The SMILES string of the molecule is CC(C)c1ccc(C(=O)N[C@H]2CC[C@H](N(C)c3ccc(C#N)c(Cl)c3)CC2)nc1. The van der Waals surface area contributed by atoms with Crippen LogP contribution in [0.1, 0.15) is 67.1 Å². The molecule has 0 radical (unpaired) electrons. The molecule has 0 aliphatic heterocycles. The number of rotatable bonds is 5. The fourth-order valence-electron chi connectivity index (χ4n) is 3.77. The van der Waals surface area contributed by atoms with Gasteiger partial charge in [-0.1, -0.05) is 31.5 Å². The second-order valence-corrected chi connectivity index (χ2v) is 8.40. The number of benzene rings is 1. The van der Waals surface area contributed by atoms with Crippen LogP contribution in [0.3, 0.4) is 0 Å². The third-order valence-corrected chi connectivity index (χ3v) is 6.06. The summed E-state index contributed by atoms with van der Waals surface area (Å²) in [5.74, 6) is 0.300. The lowest BCUT2D eigenvalue weighted by Crippen LogP contribution is -2.43. The van der Waals surface area contributed by atoms with Crippen LogP contribution < -0.4 is 10.2 Å². The first-order valence-corrected chi connectivity index (χ1v) is 10.5. The van der Waals surface area contributed by atoms with E-state index in [1.165, 1.54) is 0 Å². The molecule has 3 rings (SSSR count). The lowest BCUT2D eigenvalue weighted by atomic mass is 9.90. The normalized spacial score (nSPS) is 18.9. The van der Waals surface area contributed by atoms with Crippen molar-refractivity contribution in [1.29, 1.82) is 5.26 Å². The molecular formula is C23H27ClN4O. The molecule has 1 aromatic carbocycles. The Balaban J connectivity index is 1.54. The predicted molar refractivity (Wildman–Crippen MR) is 116 cm³/mol. The number of nitrogens with one attached hydrogen (secondary N) is 1. The maximum Gasteiger partial charge on any atom is 0.270 e. The molecule has 29 heavy (non-hydrogen) atoms. The summed E-state index contributed by atoms with van der Waals surface area (Å²) >= 11 is 6.18. The molecule has 1 fully saturated rings. The van der Waals surface area contributed by atoms with Gasteiger partial charge in [-0.15, -0.1) is 0 Å². The minimum atomic E-state index is -0.101. The van der Waals surface area contributed by atoms with E-state index in [9.17, 15) is 4.79 Å². The highest BCUT2D eigenvalue weighted by atomic mass is 35.5. The van der Waals surface area contributed by atoms with Crippen molar-refractivity contribution in [3.63, 3.8) is 0 Å². The van der Waals surface area contributed by atoms with Gasteiger partial charge in [0.05, 0.1) is 10.6 Å². The maximum atomic E-state index is 12.5. The first kappa shape index (κ1) is 21.1. The predicted octanol–water partition coefficient (Wildman–Crippen LogP) is 4.91. The number of carbonyl (C=O) groups is 1. The molecule has 0 saturated heterocycles. The van der Waals surface area contributed by atoms with Crippen LogP contribution in [-0.4, -0.2) is 30.0 Å². The fourth-order valence-corrected chi connectivity index (χ4v) is 3.99. The van der Waals surface area contributed by atoms with Gasteiger partial charge in [0.15, 0.2) is 0 Å². The summed E-state index contributed by atoms with van der Waals surface area (Å²) in [5.41, 5.74) is 3.11. The van der Waals surface area contributed by atoms with E-state index in [2.05, 4.69) is 42.2 Å². The van der Waals surface area contributed by atoms with E-state index in [1.54, 1.807) is 18.3 Å². The minimum absolute atomic E-state index is 0.101. The smallest absolute Gasteiger partial charge is 0.270 e. The van der Waals surface area contributed by atoms with Crippen molar-refractivity contribution < 1.29 is 4.79 Å². The first-order valence-electron chi connectivity index (χ1n) is 10.1. The Bertz CT molecular complexity index is 896. The summed E-state index contributed by atoms with van der Waals surface area (Å²) in [7, 11) is 2.06. The molecule has 1 amide bonds. The zero-order valence-corrected chi connectivity index (χ0v) is 17.9. The molecule has 0 spiro atoms. The minimum Gasteiger partial charge on any atom is -0.372 e. The monoisotopic (exact) mass is 410 g/mol. The molecule has 1 aliphatic carbocycles. The van der Waals surface area contributed by atoms with E-state index in [0.29, 0.717) is 28.2 Å². The van der Waals surface area contributed by atoms with Crippen molar-refractivity contribution in [3.05, 3.63) is 58.4 Å². The average Bonchev–Trinajstić information content (AvgIpc) is 2.73. The molecule has 5 nitrogen and oxygen atoms in total. The summed E-state index contributed by atoms with van der Waals surface area (Å²) in [6.07, 6.45) is 5.61. The fraction of sp³-hybridized carbons (Fsp3) is 0.435. The zero-order valence-electron chi connectivity index (χ0n) is 17.2. The van der Waals surface area contributed by atoms with Crippen LogP contribution in [0.5, 0.6) is 0 Å². The van der Waals surface area contributed by atoms with Crippen molar-refractivity contribution in [2.75, 3.05) is 11.9 Å². The number of hydrogen-bond donors (Lipinski definition) is 1. The molecule has 1 aromatic heterocycles. The van der Waals surface area contributed by atoms with Gasteiger partial charge in [0.25, 0.3) is 5.91 Å². The number of amides is 1. The van der Waals surface area contributed by atoms with Gasteiger partial charge in [0.2, 0.25) is 0 Å². The van der Waals surface area contributed by atoms with Gasteiger partial charge in [-0.25, -0.2) is 0 Å². The van der Waals surface area contributed by atoms with Gasteiger partial charge in [0.1, 0.15) is 11.8 Å². The lowest BCUT2D eigenvalue weighted by molar-refractivity contribution is 0.0920. The molecule has 0 atom stereocenters. The van der Waals surface area contributed by atoms with Crippen LogP contribution >= 0.6 is 11.6 Å². The Labute approximate surface area is 177 Å². The number of anilines is 1. The van der Waals surface area contributed by atoms with Gasteiger partial charge in [-0.3, -0.25) is 9.78 Å². The highest BCUT2D eigenvalue weighted by Crippen LogP contribution is 2.29. The molecule has 2 aromatic rings. The quantitative estimate of drug-likeness (QED) is 0.760. The van der Waals surface area contributed by atoms with Crippen molar-refractivity contribution in [1.82, 2.24) is 10.3 Å². The van der Waals surface area contributed by atoms with Gasteiger partial charge < -0.3 is 10.2 Å². The molecule has 1 heterocycles. The molecule has 152 valence electrons. The summed E-state index contributed by atoms with van der Waals surface area (Å²) < 4.78 is 0. The number of hydrogen-bond acceptors (Lipinski definition) is 4. The van der Waals surface area contributed by atoms with Crippen molar-refractivity contribution in [2.24, 2.45) is 0 Å². The first-order chi connectivity index (χ1) is 13.9. The third kappa shape index (κ3) is 5.07. The van der Waals surface area contributed by atoms with E-state index in [0.717, 1.165) is 36.9 Å². The van der Waals surface area contributed by atoms with Crippen LogP contribution in [-0.2, 0) is 0 Å². The van der Waals surface area contributed by atoms with Crippen LogP contribution in [0.2, 0.25) is 5.02 Å². The van der Waals surface area contributed by atoms with Gasteiger partial charge >= 0.3 is 0 Å². The van der Waals surface area contributed by atoms with E-state index in [-0.39, 0.29) is 11.9 Å². The van der Waals surface area contributed by atoms with E-state index < -0.39 is 0 Å². The summed E-state index contributed by atoms with van der Waals surface area (Å²) in [6, 6.07) is 12.0. The Morgan fingerprint density at radius 3 is 2.52 bits per heavy atom. The molecule has 1 saturated carbocycles. The van der Waals surface area contributed by atoms with Crippen LogP contribution in [0.25, 0.3) is 0 Å². The Kier molecular flexibility index (Phi) is 6.76. The summed E-state index contributed by atoms with van der Waals surface area (Å²) in [6.45, 7) is 4.22. The second-order valence-electron chi connectivity index (χ2n) is 8.00. The standard InChI is InChI=1S/C23H27ClN4O/c1-15(2)17-5-11-22(26-14-17)23(29)27-18-6-9-19(10-7-18)28(3)20-8-4-16(13-25)21(24)12-20/h4-5,8,11-12,14-15,18-19H,6-7,9-10H2,1-3H3,(H,27,29)/t18-,19-. The second kappa shape index (κ2) is 9.28. The van der Waals surface area contributed by atoms with Crippen molar-refractivity contribution in [2.45, 2.75) is 57.5 Å². The third-order valence-electron chi connectivity index (χ3n) is 5.75. The lowest BCUT2D eigenvalue weighted by Gasteiger charge is -2.36. The number of nitrogens with zero attached hydrogens (tertiary/aromatic N) is 3. The van der Waals surface area contributed by atoms with Crippen LogP contribution in [0, 0.1) is 11.3 Å². The highest BCUT2D eigenvalue weighted by Gasteiger charge is 2.26. The molecule has 0 unspecified atom stereocenters. The number of aromatic nitrogens is 1.